The predicted molar refractivity (Wildman–Crippen MR) is 60.8 cm³/mol. The summed E-state index contributed by atoms with van der Waals surface area (Å²) in [4.78, 5) is 11.6. The third kappa shape index (κ3) is 1.78. The average molecular weight is 222 g/mol. The van der Waals surface area contributed by atoms with Crippen molar-refractivity contribution in [3.05, 3.63) is 33.9 Å². The maximum Gasteiger partial charge on any atom is 0.308 e. The molecule has 15 heavy (non-hydrogen) atoms. The van der Waals surface area contributed by atoms with Gasteiger partial charge in [-0.05, 0) is 12.1 Å². The minimum atomic E-state index is -0.0574. The standard InChI is InChI=1S/C10H10N2O2S/c1-14-9(11)6-12-7-4-2-3-5-8(7)15-10(12)13/h2-5,11H,6H2,1H3. The normalized spacial score (nSPS) is 10.5. The van der Waals surface area contributed by atoms with Crippen LogP contribution >= 0.6 is 11.3 Å². The fraction of sp³-hybridized carbons (Fsp3) is 0.200. The van der Waals surface area contributed by atoms with Gasteiger partial charge in [0, 0.05) is 0 Å². The molecule has 4 nitrogen and oxygen atoms in total. The van der Waals surface area contributed by atoms with Gasteiger partial charge < -0.3 is 4.74 Å². The molecule has 5 heteroatoms. The van der Waals surface area contributed by atoms with E-state index in [-0.39, 0.29) is 17.3 Å². The van der Waals surface area contributed by atoms with Gasteiger partial charge in [-0.25, -0.2) is 0 Å². The Morgan fingerprint density at radius 2 is 2.27 bits per heavy atom. The van der Waals surface area contributed by atoms with Gasteiger partial charge in [-0.1, -0.05) is 23.5 Å². The Morgan fingerprint density at radius 3 is 3.00 bits per heavy atom. The molecule has 2 rings (SSSR count). The molecular weight excluding hydrogens is 212 g/mol. The molecule has 1 aromatic carbocycles. The van der Waals surface area contributed by atoms with Gasteiger partial charge >= 0.3 is 4.87 Å². The minimum absolute atomic E-state index is 0.0574. The number of hydrogen-bond acceptors (Lipinski definition) is 4. The Morgan fingerprint density at radius 1 is 1.53 bits per heavy atom. The maximum atomic E-state index is 11.6. The van der Waals surface area contributed by atoms with Crippen LogP contribution in [0.2, 0.25) is 0 Å². The number of hydrogen-bond donors (Lipinski definition) is 1. The van der Waals surface area contributed by atoms with Crippen molar-refractivity contribution >= 4 is 27.5 Å². The van der Waals surface area contributed by atoms with Gasteiger partial charge in [0.15, 0.2) is 0 Å². The summed E-state index contributed by atoms with van der Waals surface area (Å²) in [6.45, 7) is 0.194. The largest absolute Gasteiger partial charge is 0.483 e. The fourth-order valence-electron chi connectivity index (χ4n) is 1.37. The average Bonchev–Trinajstić information content (AvgIpc) is 2.55. The molecule has 0 unspecified atom stereocenters. The minimum Gasteiger partial charge on any atom is -0.483 e. The molecule has 0 fully saturated rings. The van der Waals surface area contributed by atoms with Crippen LogP contribution < -0.4 is 4.87 Å². The van der Waals surface area contributed by atoms with Crippen LogP contribution in [0, 0.1) is 5.41 Å². The highest BCUT2D eigenvalue weighted by molar-refractivity contribution is 7.16. The summed E-state index contributed by atoms with van der Waals surface area (Å²) in [5, 5.41) is 7.41. The molecule has 0 aliphatic heterocycles. The fourth-order valence-corrected chi connectivity index (χ4v) is 2.26. The zero-order valence-electron chi connectivity index (χ0n) is 8.19. The van der Waals surface area contributed by atoms with Crippen molar-refractivity contribution in [3.63, 3.8) is 0 Å². The molecule has 1 N–H and O–H groups in total. The van der Waals surface area contributed by atoms with E-state index in [4.69, 9.17) is 10.1 Å². The van der Waals surface area contributed by atoms with Crippen molar-refractivity contribution in [3.8, 4) is 0 Å². The van der Waals surface area contributed by atoms with Crippen molar-refractivity contribution < 1.29 is 4.74 Å². The van der Waals surface area contributed by atoms with Crippen molar-refractivity contribution in [2.24, 2.45) is 0 Å². The molecule has 0 bridgehead atoms. The molecule has 1 heterocycles. The van der Waals surface area contributed by atoms with E-state index in [2.05, 4.69) is 0 Å². The molecule has 0 aliphatic rings. The van der Waals surface area contributed by atoms with Crippen LogP contribution in [0.4, 0.5) is 0 Å². The van der Waals surface area contributed by atoms with E-state index in [1.54, 1.807) is 4.57 Å². The lowest BCUT2D eigenvalue weighted by Crippen LogP contribution is -2.19. The summed E-state index contributed by atoms with van der Waals surface area (Å²) in [5.74, 6) is 0.0839. The van der Waals surface area contributed by atoms with E-state index >= 15 is 0 Å². The smallest absolute Gasteiger partial charge is 0.308 e. The first-order valence-electron chi connectivity index (χ1n) is 4.42. The molecule has 78 valence electrons. The number of para-hydroxylation sites is 1. The van der Waals surface area contributed by atoms with Crippen molar-refractivity contribution in [2.45, 2.75) is 6.54 Å². The summed E-state index contributed by atoms with van der Waals surface area (Å²) in [5.41, 5.74) is 0.856. The predicted octanol–water partition coefficient (Wildman–Crippen LogP) is 1.69. The summed E-state index contributed by atoms with van der Waals surface area (Å²) >= 11 is 1.19. The van der Waals surface area contributed by atoms with E-state index in [0.29, 0.717) is 0 Å². The number of fused-ring (bicyclic) bond motifs is 1. The van der Waals surface area contributed by atoms with Gasteiger partial charge in [0.25, 0.3) is 0 Å². The molecule has 0 atom stereocenters. The van der Waals surface area contributed by atoms with Crippen LogP contribution in [0.25, 0.3) is 10.2 Å². The second-order valence-electron chi connectivity index (χ2n) is 3.05. The van der Waals surface area contributed by atoms with Gasteiger partial charge in [-0.15, -0.1) is 0 Å². The van der Waals surface area contributed by atoms with Crippen LogP contribution in [-0.4, -0.2) is 17.6 Å². The zero-order chi connectivity index (χ0) is 10.8. The van der Waals surface area contributed by atoms with Crippen LogP contribution in [0.15, 0.2) is 29.1 Å². The van der Waals surface area contributed by atoms with E-state index in [1.807, 2.05) is 24.3 Å². The maximum absolute atomic E-state index is 11.6. The third-order valence-electron chi connectivity index (χ3n) is 2.12. The van der Waals surface area contributed by atoms with Gasteiger partial charge in [0.1, 0.15) is 6.54 Å². The lowest BCUT2D eigenvalue weighted by atomic mass is 10.3. The first-order chi connectivity index (χ1) is 7.22. The van der Waals surface area contributed by atoms with Gasteiger partial charge in [-0.3, -0.25) is 14.8 Å². The number of aromatic nitrogens is 1. The van der Waals surface area contributed by atoms with Crippen molar-refractivity contribution in [1.29, 1.82) is 5.41 Å². The van der Waals surface area contributed by atoms with Crippen LogP contribution in [-0.2, 0) is 11.3 Å². The second kappa shape index (κ2) is 3.86. The van der Waals surface area contributed by atoms with Crippen LogP contribution in [0.1, 0.15) is 0 Å². The summed E-state index contributed by atoms with van der Waals surface area (Å²) in [7, 11) is 1.43. The third-order valence-corrected chi connectivity index (χ3v) is 3.08. The number of methoxy groups -OCH3 is 1. The van der Waals surface area contributed by atoms with Gasteiger partial charge in [0.05, 0.1) is 17.3 Å². The number of thiazole rings is 1. The van der Waals surface area contributed by atoms with E-state index in [1.165, 1.54) is 18.4 Å². The number of nitrogens with zero attached hydrogens (tertiary/aromatic N) is 1. The summed E-state index contributed by atoms with van der Waals surface area (Å²) in [6, 6.07) is 7.54. The van der Waals surface area contributed by atoms with Gasteiger partial charge in [-0.2, -0.15) is 0 Å². The van der Waals surface area contributed by atoms with E-state index < -0.39 is 0 Å². The van der Waals surface area contributed by atoms with Crippen molar-refractivity contribution in [1.82, 2.24) is 4.57 Å². The SMILES string of the molecule is COC(=N)Cn1c(=O)sc2ccccc21. The molecular formula is C10H10N2O2S. The molecule has 0 aliphatic carbocycles. The zero-order valence-corrected chi connectivity index (χ0v) is 9.00. The molecule has 0 spiro atoms. The highest BCUT2D eigenvalue weighted by atomic mass is 32.1. The van der Waals surface area contributed by atoms with Crippen LogP contribution in [0.5, 0.6) is 0 Å². The highest BCUT2D eigenvalue weighted by Gasteiger charge is 2.08. The van der Waals surface area contributed by atoms with Crippen molar-refractivity contribution in [2.75, 3.05) is 7.11 Å². The number of rotatable bonds is 2. The molecule has 0 saturated carbocycles. The number of benzene rings is 1. The Bertz CT molecular complexity index is 556. The first kappa shape index (κ1) is 9.92. The lowest BCUT2D eigenvalue weighted by molar-refractivity contribution is 0.381. The monoisotopic (exact) mass is 222 g/mol. The molecule has 0 saturated heterocycles. The molecule has 2 aromatic rings. The molecule has 0 amide bonds. The Balaban J connectivity index is 2.54. The molecule has 0 radical (unpaired) electrons. The quantitative estimate of drug-likeness (QED) is 0.621. The number of ether oxygens (including phenoxy) is 1. The van der Waals surface area contributed by atoms with E-state index in [9.17, 15) is 4.79 Å². The highest BCUT2D eigenvalue weighted by Crippen LogP contribution is 2.16. The Kier molecular flexibility index (Phi) is 2.55. The second-order valence-corrected chi connectivity index (χ2v) is 4.04. The van der Waals surface area contributed by atoms with Gasteiger partial charge in [0.2, 0.25) is 5.90 Å². The van der Waals surface area contributed by atoms with Crippen LogP contribution in [0.3, 0.4) is 0 Å². The first-order valence-corrected chi connectivity index (χ1v) is 5.24. The summed E-state index contributed by atoms with van der Waals surface area (Å²) < 4.78 is 7.24. The van der Waals surface area contributed by atoms with E-state index in [0.717, 1.165) is 10.2 Å². The Hall–Kier alpha value is -1.62. The molecule has 1 aromatic heterocycles. The lowest BCUT2D eigenvalue weighted by Gasteiger charge is -2.03. The Labute approximate surface area is 90.2 Å². The topological polar surface area (TPSA) is 55.1 Å². The summed E-state index contributed by atoms with van der Waals surface area (Å²) in [6.07, 6.45) is 0. The number of nitrogens with one attached hydrogen (secondary N) is 1.